The lowest BCUT2D eigenvalue weighted by molar-refractivity contribution is 0.595. The molecular formula is C10H14OS. The topological polar surface area (TPSA) is 23.1 Å². The molecule has 0 bridgehead atoms. The molecule has 1 aromatic rings. The third kappa shape index (κ3) is 2.88. The van der Waals surface area contributed by atoms with Gasteiger partial charge in [0.25, 0.3) is 0 Å². The summed E-state index contributed by atoms with van der Waals surface area (Å²) in [6.45, 7) is 2.11. The molecule has 0 radical (unpaired) electrons. The fraction of sp³-hybridized carbons (Fsp3) is 0.400. The Bertz CT molecular complexity index is 221. The molecule has 0 heterocycles. The minimum absolute atomic E-state index is 0.400. The van der Waals surface area contributed by atoms with Crippen molar-refractivity contribution < 1.29 is 4.55 Å². The zero-order valence-corrected chi connectivity index (χ0v) is 8.30. The molecule has 0 aliphatic heterocycles. The third-order valence-electron chi connectivity index (χ3n) is 1.85. The summed E-state index contributed by atoms with van der Waals surface area (Å²) in [5, 5.41) is 0. The summed E-state index contributed by atoms with van der Waals surface area (Å²) in [6.07, 6.45) is 1.75. The van der Waals surface area contributed by atoms with Gasteiger partial charge < -0.3 is 4.55 Å². The monoisotopic (exact) mass is 182 g/mol. The van der Waals surface area contributed by atoms with Gasteiger partial charge in [-0.3, -0.25) is 0 Å². The molecule has 1 aromatic carbocycles. The van der Waals surface area contributed by atoms with Crippen LogP contribution in [0.4, 0.5) is 0 Å². The minimum atomic E-state index is -0.696. The Balaban J connectivity index is 2.59. The predicted molar refractivity (Wildman–Crippen MR) is 53.8 cm³/mol. The molecule has 2 heteroatoms. The molecule has 0 saturated heterocycles. The molecule has 2 unspecified atom stereocenters. The maximum atomic E-state index is 10.9. The molecule has 0 fully saturated rings. The molecule has 0 aromatic heterocycles. The SMILES string of the molecule is CC(C[S+](C)[O-])c1ccccc1. The Kier molecular flexibility index (Phi) is 3.63. The maximum Gasteiger partial charge on any atom is 0.111 e. The first-order chi connectivity index (χ1) is 5.70. The summed E-state index contributed by atoms with van der Waals surface area (Å²) in [5.41, 5.74) is 1.27. The summed E-state index contributed by atoms with van der Waals surface area (Å²) < 4.78 is 10.9. The summed E-state index contributed by atoms with van der Waals surface area (Å²) in [5.74, 6) is 1.15. The van der Waals surface area contributed by atoms with E-state index in [0.717, 1.165) is 5.75 Å². The number of benzene rings is 1. The molecular weight excluding hydrogens is 168 g/mol. The molecule has 1 rings (SSSR count). The Labute approximate surface area is 77.0 Å². The van der Waals surface area contributed by atoms with Crippen molar-refractivity contribution in [3.63, 3.8) is 0 Å². The van der Waals surface area contributed by atoms with Crippen molar-refractivity contribution in [2.45, 2.75) is 12.8 Å². The van der Waals surface area contributed by atoms with Gasteiger partial charge in [-0.05, 0) is 5.56 Å². The zero-order chi connectivity index (χ0) is 8.97. The second-order valence-electron chi connectivity index (χ2n) is 3.05. The van der Waals surface area contributed by atoms with Crippen LogP contribution in [0.15, 0.2) is 30.3 Å². The van der Waals surface area contributed by atoms with Crippen molar-refractivity contribution in [3.8, 4) is 0 Å². The van der Waals surface area contributed by atoms with Crippen LogP contribution in [0.3, 0.4) is 0 Å². The van der Waals surface area contributed by atoms with Gasteiger partial charge in [0, 0.05) is 5.92 Å². The van der Waals surface area contributed by atoms with E-state index in [-0.39, 0.29) is 0 Å². The Morgan fingerprint density at radius 1 is 1.33 bits per heavy atom. The number of hydrogen-bond acceptors (Lipinski definition) is 1. The van der Waals surface area contributed by atoms with Gasteiger partial charge >= 0.3 is 0 Å². The summed E-state index contributed by atoms with van der Waals surface area (Å²) in [7, 11) is 0. The highest BCUT2D eigenvalue weighted by Gasteiger charge is 2.09. The highest BCUT2D eigenvalue weighted by Crippen LogP contribution is 2.15. The first kappa shape index (κ1) is 9.62. The smallest absolute Gasteiger partial charge is 0.111 e. The van der Waals surface area contributed by atoms with Crippen LogP contribution in [-0.2, 0) is 11.2 Å². The van der Waals surface area contributed by atoms with Crippen LogP contribution in [0.5, 0.6) is 0 Å². The van der Waals surface area contributed by atoms with Crippen LogP contribution in [0.1, 0.15) is 18.4 Å². The average Bonchev–Trinajstić information content (AvgIpc) is 2.05. The van der Waals surface area contributed by atoms with Gasteiger partial charge in [-0.25, -0.2) is 0 Å². The van der Waals surface area contributed by atoms with Gasteiger partial charge in [-0.15, -0.1) is 0 Å². The van der Waals surface area contributed by atoms with Gasteiger partial charge in [0.15, 0.2) is 0 Å². The van der Waals surface area contributed by atoms with Crippen LogP contribution in [0.2, 0.25) is 0 Å². The average molecular weight is 182 g/mol. The molecule has 0 aliphatic rings. The predicted octanol–water partition coefficient (Wildman–Crippen LogP) is 2.17. The van der Waals surface area contributed by atoms with Gasteiger partial charge in [0.05, 0.1) is 6.26 Å². The van der Waals surface area contributed by atoms with Crippen molar-refractivity contribution >= 4 is 11.2 Å². The van der Waals surface area contributed by atoms with Gasteiger partial charge in [-0.1, -0.05) is 48.4 Å². The van der Waals surface area contributed by atoms with Crippen LogP contribution in [-0.4, -0.2) is 16.6 Å². The lowest BCUT2D eigenvalue weighted by atomic mass is 10.0. The molecule has 0 amide bonds. The zero-order valence-electron chi connectivity index (χ0n) is 7.49. The first-order valence-corrected chi connectivity index (χ1v) is 5.78. The van der Waals surface area contributed by atoms with Crippen LogP contribution in [0, 0.1) is 0 Å². The maximum absolute atomic E-state index is 10.9. The molecule has 0 aliphatic carbocycles. The van der Waals surface area contributed by atoms with E-state index < -0.39 is 11.2 Å². The second-order valence-corrected chi connectivity index (χ2v) is 4.53. The summed E-state index contributed by atoms with van der Waals surface area (Å²) in [6, 6.07) is 10.2. The van der Waals surface area contributed by atoms with E-state index in [1.165, 1.54) is 5.56 Å². The van der Waals surface area contributed by atoms with Crippen molar-refractivity contribution in [1.29, 1.82) is 0 Å². The molecule has 2 atom stereocenters. The van der Waals surface area contributed by atoms with E-state index in [9.17, 15) is 4.55 Å². The van der Waals surface area contributed by atoms with E-state index in [4.69, 9.17) is 0 Å². The van der Waals surface area contributed by atoms with Gasteiger partial charge in [-0.2, -0.15) is 0 Å². The molecule has 0 N–H and O–H groups in total. The van der Waals surface area contributed by atoms with E-state index in [1.807, 2.05) is 18.2 Å². The molecule has 0 saturated carbocycles. The van der Waals surface area contributed by atoms with Crippen molar-refractivity contribution in [2.75, 3.05) is 12.0 Å². The minimum Gasteiger partial charge on any atom is -0.617 e. The molecule has 12 heavy (non-hydrogen) atoms. The summed E-state index contributed by atoms with van der Waals surface area (Å²) >= 11 is -0.696. The van der Waals surface area contributed by atoms with Crippen LogP contribution in [0.25, 0.3) is 0 Å². The highest BCUT2D eigenvalue weighted by molar-refractivity contribution is 7.90. The lowest BCUT2D eigenvalue weighted by Gasteiger charge is -2.12. The fourth-order valence-electron chi connectivity index (χ4n) is 1.23. The highest BCUT2D eigenvalue weighted by atomic mass is 32.2. The van der Waals surface area contributed by atoms with E-state index in [0.29, 0.717) is 5.92 Å². The van der Waals surface area contributed by atoms with Crippen LogP contribution < -0.4 is 0 Å². The number of hydrogen-bond donors (Lipinski definition) is 0. The van der Waals surface area contributed by atoms with Crippen molar-refractivity contribution in [1.82, 2.24) is 0 Å². The molecule has 0 spiro atoms. The molecule has 66 valence electrons. The first-order valence-electron chi connectivity index (χ1n) is 4.05. The quantitative estimate of drug-likeness (QED) is 0.657. The molecule has 1 nitrogen and oxygen atoms in total. The van der Waals surface area contributed by atoms with Crippen molar-refractivity contribution in [2.24, 2.45) is 0 Å². The van der Waals surface area contributed by atoms with Crippen LogP contribution >= 0.6 is 0 Å². The van der Waals surface area contributed by atoms with E-state index in [1.54, 1.807) is 6.26 Å². The van der Waals surface area contributed by atoms with E-state index in [2.05, 4.69) is 19.1 Å². The number of rotatable bonds is 3. The fourth-order valence-corrected chi connectivity index (χ4v) is 2.13. The standard InChI is InChI=1S/C10H14OS/c1-9(8-12(2)11)10-6-4-3-5-7-10/h3-7,9H,8H2,1-2H3. The largest absolute Gasteiger partial charge is 0.617 e. The Morgan fingerprint density at radius 2 is 1.92 bits per heavy atom. The van der Waals surface area contributed by atoms with Crippen molar-refractivity contribution in [3.05, 3.63) is 35.9 Å². The van der Waals surface area contributed by atoms with Gasteiger partial charge in [0.1, 0.15) is 5.75 Å². The Morgan fingerprint density at radius 3 is 2.42 bits per heavy atom. The Hall–Kier alpha value is -0.470. The second kappa shape index (κ2) is 4.53. The third-order valence-corrected chi connectivity index (χ3v) is 2.82. The summed E-state index contributed by atoms with van der Waals surface area (Å²) in [4.78, 5) is 0. The lowest BCUT2D eigenvalue weighted by Crippen LogP contribution is -2.10. The normalized spacial score (nSPS) is 15.6. The van der Waals surface area contributed by atoms with E-state index >= 15 is 0 Å². The van der Waals surface area contributed by atoms with Gasteiger partial charge in [0.2, 0.25) is 0 Å².